The summed E-state index contributed by atoms with van der Waals surface area (Å²) in [5.41, 5.74) is 0.906. The van der Waals surface area contributed by atoms with Gasteiger partial charge in [-0.1, -0.05) is 83.5 Å². The second-order valence-electron chi connectivity index (χ2n) is 52.8. The highest BCUT2D eigenvalue weighted by atomic mass is 15.0. The maximum atomic E-state index is 1.68. The quantitative estimate of drug-likeness (QED) is 0.227. The van der Waals surface area contributed by atoms with E-state index in [1.807, 2.05) is 0 Å². The van der Waals surface area contributed by atoms with E-state index in [2.05, 4.69) is 0 Å². The minimum absolute atomic E-state index is 0.906. The topological polar surface area (TPSA) is 0 Å². The largest absolute Gasteiger partial charge is 0.0533 e. The molecule has 0 saturated heterocycles. The fourth-order valence-corrected chi connectivity index (χ4v) is 46.8. The summed E-state index contributed by atoms with van der Waals surface area (Å²) in [6, 6.07) is 0. The van der Waals surface area contributed by atoms with E-state index in [4.69, 9.17) is 0 Å². The third-order valence-corrected chi connectivity index (χ3v) is 50.1. The maximum Gasteiger partial charge on any atom is -0.0266 e. The highest BCUT2D eigenvalue weighted by molar-refractivity contribution is 5.44. The van der Waals surface area contributed by atoms with Crippen molar-refractivity contribution in [2.45, 2.75) is 360 Å². The van der Waals surface area contributed by atoms with Crippen molar-refractivity contribution in [3.8, 4) is 0 Å². The van der Waals surface area contributed by atoms with Crippen molar-refractivity contribution in [1.82, 2.24) is 0 Å². The fraction of sp³-hybridized carbons (Fsp3) is 1.00. The molecule has 0 aromatic rings. The Bertz CT molecular complexity index is 2930. The van der Waals surface area contributed by atoms with Gasteiger partial charge < -0.3 is 0 Å². The lowest BCUT2D eigenvalue weighted by Gasteiger charge is -3.03. The van der Waals surface area contributed by atoms with Crippen LogP contribution in [0.25, 0.3) is 0 Å². The van der Waals surface area contributed by atoms with Gasteiger partial charge in [-0.2, -0.15) is 0 Å². The Morgan fingerprint density at radius 3 is 0.807 bits per heavy atom. The zero-order valence-electron chi connectivity index (χ0n) is 70.1. The van der Waals surface area contributed by atoms with Crippen LogP contribution in [0.2, 0.25) is 0 Å². The third-order valence-electron chi connectivity index (χ3n) is 50.1. The van der Waals surface area contributed by atoms with E-state index in [-0.39, 0.29) is 0 Å². The van der Waals surface area contributed by atoms with Crippen LogP contribution in [0, 0.1) is 313 Å². The minimum atomic E-state index is 0.906. The summed E-state index contributed by atoms with van der Waals surface area (Å²) in [6.45, 7) is 0. The molecule has 19 atom stereocenters. The van der Waals surface area contributed by atoms with Crippen molar-refractivity contribution in [1.29, 1.82) is 0 Å². The Labute approximate surface area is 668 Å². The van der Waals surface area contributed by atoms with Crippen LogP contribution in [0.4, 0.5) is 0 Å². The Morgan fingerprint density at radius 2 is 0.422 bits per heavy atom. The van der Waals surface area contributed by atoms with Gasteiger partial charge in [0.05, 0.1) is 0 Å². The molecule has 0 nitrogen and oxygen atoms in total. The van der Waals surface area contributed by atoms with Gasteiger partial charge in [-0.3, -0.25) is 0 Å². The van der Waals surface area contributed by atoms with Crippen molar-refractivity contribution in [3.63, 3.8) is 0 Å². The predicted molar refractivity (Wildman–Crippen MR) is 442 cm³/mol. The summed E-state index contributed by atoms with van der Waals surface area (Å²) in [6.07, 6.45) is 89.1. The zero-order valence-corrected chi connectivity index (χ0v) is 70.1. The van der Waals surface area contributed by atoms with Crippen molar-refractivity contribution in [2.24, 2.45) is 313 Å². The van der Waals surface area contributed by atoms with Crippen molar-refractivity contribution in [3.05, 3.63) is 0 Å². The van der Waals surface area contributed by atoms with Crippen molar-refractivity contribution in [2.75, 3.05) is 0 Å². The van der Waals surface area contributed by atoms with Crippen LogP contribution >= 0.6 is 0 Å². The molecule has 0 heterocycles. The first-order valence-corrected chi connectivity index (χ1v) is 53.9. The maximum absolute atomic E-state index is 1.68. The molecular formula is C109H164. The van der Waals surface area contributed by atoms with Crippen molar-refractivity contribution < 1.29 is 0 Å². The molecule has 0 aromatic carbocycles. The number of hydrogen-bond acceptors (Lipinski definition) is 0. The number of fused-ring (bicyclic) bond motifs is 15. The molecule has 0 amide bonds. The minimum Gasteiger partial charge on any atom is -0.0533 e. The summed E-state index contributed by atoms with van der Waals surface area (Å²) < 4.78 is 0. The number of rotatable bonds is 0. The molecule has 19 unspecified atom stereocenters. The summed E-state index contributed by atoms with van der Waals surface area (Å²) in [5, 5.41) is 0. The van der Waals surface area contributed by atoms with Gasteiger partial charge in [-0.15, -0.1) is 0 Å². The molecular weight excluding hydrogens is 1310 g/mol. The summed E-state index contributed by atoms with van der Waals surface area (Å²) >= 11 is 0. The third kappa shape index (κ3) is 10.6. The first kappa shape index (κ1) is 68.7. The highest BCUT2D eigenvalue weighted by Gasteiger charge is 2.98. The average Bonchev–Trinajstić information content (AvgIpc) is 0.964. The molecule has 47 saturated carbocycles. The lowest BCUT2D eigenvalue weighted by atomic mass is 9.01. The molecule has 109 heavy (non-hydrogen) atoms. The molecule has 30 bridgehead atoms. The van der Waals surface area contributed by atoms with E-state index in [1.165, 1.54) is 334 Å². The van der Waals surface area contributed by atoms with Crippen LogP contribution in [0.1, 0.15) is 360 Å². The molecule has 0 N–H and O–H groups in total. The van der Waals surface area contributed by atoms with E-state index < -0.39 is 0 Å². The Balaban J connectivity index is 0.0000000643. The first-order valence-electron chi connectivity index (χ1n) is 53.9. The normalized spacial score (nSPS) is 65.6. The first-order chi connectivity index (χ1) is 53.9. The molecule has 0 aromatic heterocycles. The second-order valence-corrected chi connectivity index (χ2v) is 52.8. The molecule has 1 spiro atoms. The van der Waals surface area contributed by atoms with E-state index in [0.717, 1.165) is 11.3 Å². The van der Waals surface area contributed by atoms with Gasteiger partial charge in [0.1, 0.15) is 0 Å². The van der Waals surface area contributed by atoms with E-state index in [0.29, 0.717) is 0 Å². The van der Waals surface area contributed by atoms with Gasteiger partial charge in [0.25, 0.3) is 0 Å². The molecule has 47 rings (SSSR count). The number of hydrogen-bond donors (Lipinski definition) is 0. The Kier molecular flexibility index (Phi) is 16.4. The van der Waals surface area contributed by atoms with Gasteiger partial charge in [0, 0.05) is 0 Å². The lowest BCUT2D eigenvalue weighted by molar-refractivity contribution is -0.565. The van der Waals surface area contributed by atoms with Gasteiger partial charge in [0.2, 0.25) is 0 Å². The van der Waals surface area contributed by atoms with Gasteiger partial charge in [-0.25, -0.2) is 0 Å². The van der Waals surface area contributed by atoms with Crippen LogP contribution in [0.15, 0.2) is 0 Å². The molecule has 0 aliphatic heterocycles. The zero-order chi connectivity index (χ0) is 70.1. The molecule has 600 valence electrons. The van der Waals surface area contributed by atoms with Crippen LogP contribution in [-0.4, -0.2) is 0 Å². The SMILES string of the molecule is C12C3C4C1C1C2C3C41.C1C2C3CC4C5CC3C1C5C24.C1C2CC3C1C3C2.C1C2CC3CC1CC(C2)C3.C1C2CC3CC1CC3C2.C1CC2C3C(C1)C23.C1CC2C3C1C23.C1CC2C3CCC(C3)C2C1.C1CC2CC3CCCC3(C1)C2.C1CC2CCC1C1C3CCC(CC3)C21.C1CCC2C3CCC2C(C1)C3.C1CCCC1. The Hall–Kier alpha value is 0. The summed E-state index contributed by atoms with van der Waals surface area (Å²) in [7, 11) is 0. The molecule has 47 fully saturated rings. The van der Waals surface area contributed by atoms with E-state index in [1.54, 1.807) is 327 Å². The molecule has 47 aliphatic rings. The second kappa shape index (κ2) is 26.0. The van der Waals surface area contributed by atoms with Crippen LogP contribution < -0.4 is 0 Å². The lowest BCUT2D eigenvalue weighted by Crippen LogP contribution is -3.00. The standard InChI is InChI=1S/C14H22.C11H14.2C11H18.2C10H16.C9H14.C8H8.2C7H10.C6H8.C5H10/c1-2-10-4-3-9(1)13-11-5-7-12(8-6-11)14(10)13;1-4-5-2-9-8(1)10-6(4)3-7(5)11(9)10;1-3-9-7-10-4-2-6-11(10,5-1)8-9;1-2-4-10-9-5-6-11(10)8(3-1)7-9;1-7-2-9-4-8(1)5-10(3-7)6-9;1-2-9-7-4-5-8(6-7)10(9)3-1;1-6-2-8-4-7(1)5-9(8)3-6;1-2-5-3(1)7-4(1)6(2)8(5)7;1-4-2-6-5(1)7(6)3-4;1-2-4-6-5(3-1)7(4)6;1-2-4-5-3(1)6(4)5;1-2-4-5-3-1/h9-14H,1-8H2;4-11H,1-3H2;9-10H,1-8H2;8-11H,1-7H2;2*7-10H,1-6H2;6-9H,1-5H2;1-8H;2*4-7H,1-3H2;3-6H,1-2H2;1-5H2. The van der Waals surface area contributed by atoms with Crippen LogP contribution in [0.5, 0.6) is 0 Å². The van der Waals surface area contributed by atoms with E-state index >= 15 is 0 Å². The summed E-state index contributed by atoms with van der Waals surface area (Å²) in [4.78, 5) is 0. The predicted octanol–water partition coefficient (Wildman–Crippen LogP) is 28.2. The fourth-order valence-electron chi connectivity index (χ4n) is 46.8. The molecule has 0 heteroatoms. The van der Waals surface area contributed by atoms with Gasteiger partial charge in [0.15, 0.2) is 0 Å². The molecule has 0 radical (unpaired) electrons. The van der Waals surface area contributed by atoms with Gasteiger partial charge >= 0.3 is 0 Å². The smallest absolute Gasteiger partial charge is 0.0266 e. The monoisotopic (exact) mass is 1470 g/mol. The molecule has 47 aliphatic carbocycles. The van der Waals surface area contributed by atoms with E-state index in [9.17, 15) is 0 Å². The average molecular weight is 1470 g/mol. The van der Waals surface area contributed by atoms with Crippen LogP contribution in [0.3, 0.4) is 0 Å². The Morgan fingerprint density at radius 1 is 0.128 bits per heavy atom. The van der Waals surface area contributed by atoms with Gasteiger partial charge in [-0.05, 0) is 589 Å². The van der Waals surface area contributed by atoms with Crippen molar-refractivity contribution >= 4 is 0 Å². The summed E-state index contributed by atoms with van der Waals surface area (Å²) in [5.74, 6) is 64.5. The van der Waals surface area contributed by atoms with Crippen LogP contribution in [-0.2, 0) is 0 Å². The highest BCUT2D eigenvalue weighted by Crippen LogP contribution is 3.01.